The van der Waals surface area contributed by atoms with Crippen LogP contribution in [-0.4, -0.2) is 23.8 Å². The third kappa shape index (κ3) is 4.96. The van der Waals surface area contributed by atoms with E-state index in [-0.39, 0.29) is 6.04 Å². The van der Waals surface area contributed by atoms with Gasteiger partial charge in [0.1, 0.15) is 0 Å². The van der Waals surface area contributed by atoms with Gasteiger partial charge >= 0.3 is 6.09 Å². The average molecular weight is 315 g/mol. The van der Waals surface area contributed by atoms with Gasteiger partial charge in [-0.05, 0) is 30.2 Å². The molecule has 0 aromatic heterocycles. The largest absolute Gasteiger partial charge is 0.465 e. The molecule has 4 nitrogen and oxygen atoms in total. The van der Waals surface area contributed by atoms with Crippen molar-refractivity contribution >= 4 is 27.7 Å². The third-order valence-corrected chi connectivity index (χ3v) is 3.54. The molecule has 0 heterocycles. The second-order valence-electron chi connectivity index (χ2n) is 4.33. The fourth-order valence-electron chi connectivity index (χ4n) is 1.63. The molecule has 0 aliphatic carbocycles. The molecule has 1 rings (SSSR count). The van der Waals surface area contributed by atoms with Crippen molar-refractivity contribution in [3.05, 3.63) is 28.7 Å². The molecule has 5 heteroatoms. The molecule has 0 bridgehead atoms. The van der Waals surface area contributed by atoms with Crippen LogP contribution >= 0.6 is 15.9 Å². The number of halogens is 1. The van der Waals surface area contributed by atoms with Gasteiger partial charge in [0.15, 0.2) is 0 Å². The minimum Gasteiger partial charge on any atom is -0.465 e. The topological polar surface area (TPSA) is 61.4 Å². The van der Waals surface area contributed by atoms with Crippen molar-refractivity contribution in [2.24, 2.45) is 5.92 Å². The number of nitrogens with one attached hydrogen (secondary N) is 2. The Kier molecular flexibility index (Phi) is 5.98. The fraction of sp³-hybridized carbons (Fsp3) is 0.462. The molecule has 2 atom stereocenters. The van der Waals surface area contributed by atoms with Crippen molar-refractivity contribution in [1.82, 2.24) is 5.32 Å². The van der Waals surface area contributed by atoms with Crippen LogP contribution < -0.4 is 10.6 Å². The molecule has 0 aliphatic rings. The highest BCUT2D eigenvalue weighted by atomic mass is 79.9. The zero-order valence-corrected chi connectivity index (χ0v) is 12.2. The zero-order chi connectivity index (χ0) is 13.5. The number of carbonyl (C=O) groups is 1. The Balaban J connectivity index is 2.55. The number of carboxylic acid groups (broad SMARTS) is 1. The van der Waals surface area contributed by atoms with Crippen molar-refractivity contribution in [2.75, 3.05) is 11.9 Å². The Labute approximate surface area is 116 Å². The van der Waals surface area contributed by atoms with Crippen molar-refractivity contribution in [1.29, 1.82) is 0 Å². The van der Waals surface area contributed by atoms with Crippen LogP contribution in [0.4, 0.5) is 10.5 Å². The molecular formula is C13H19BrN2O2. The summed E-state index contributed by atoms with van der Waals surface area (Å²) in [4.78, 5) is 10.7. The maximum atomic E-state index is 10.7. The Morgan fingerprint density at radius 3 is 2.50 bits per heavy atom. The quantitative estimate of drug-likeness (QED) is 0.752. The predicted molar refractivity (Wildman–Crippen MR) is 77.0 cm³/mol. The Bertz CT molecular complexity index is 381. The molecule has 0 radical (unpaired) electrons. The van der Waals surface area contributed by atoms with E-state index in [1.165, 1.54) is 0 Å². The van der Waals surface area contributed by atoms with Crippen LogP contribution in [0.1, 0.15) is 20.3 Å². The first-order valence-electron chi connectivity index (χ1n) is 6.01. The van der Waals surface area contributed by atoms with Gasteiger partial charge in [-0.2, -0.15) is 0 Å². The lowest BCUT2D eigenvalue weighted by Crippen LogP contribution is -2.43. The summed E-state index contributed by atoms with van der Waals surface area (Å²) in [5.41, 5.74) is 0.985. The third-order valence-electron chi connectivity index (χ3n) is 3.01. The maximum absolute atomic E-state index is 10.7. The lowest BCUT2D eigenvalue weighted by Gasteiger charge is -2.23. The first kappa shape index (κ1) is 14.8. The summed E-state index contributed by atoms with van der Waals surface area (Å²) in [6, 6.07) is 7.73. The maximum Gasteiger partial charge on any atom is 0.404 e. The lowest BCUT2D eigenvalue weighted by atomic mass is 9.99. The second-order valence-corrected chi connectivity index (χ2v) is 5.24. The summed E-state index contributed by atoms with van der Waals surface area (Å²) < 4.78 is 1.02. The zero-order valence-electron chi connectivity index (χ0n) is 10.6. The van der Waals surface area contributed by atoms with Gasteiger partial charge in [-0.1, -0.05) is 36.2 Å². The number of hydrogen-bond acceptors (Lipinski definition) is 2. The van der Waals surface area contributed by atoms with E-state index in [0.29, 0.717) is 12.5 Å². The van der Waals surface area contributed by atoms with Crippen LogP contribution in [0.25, 0.3) is 0 Å². The summed E-state index contributed by atoms with van der Waals surface area (Å²) >= 11 is 3.37. The Morgan fingerprint density at radius 1 is 1.39 bits per heavy atom. The van der Waals surface area contributed by atoms with Gasteiger partial charge in [0.25, 0.3) is 0 Å². The molecule has 1 aromatic carbocycles. The molecule has 100 valence electrons. The van der Waals surface area contributed by atoms with Crippen molar-refractivity contribution < 1.29 is 9.90 Å². The number of amides is 1. The highest BCUT2D eigenvalue weighted by Crippen LogP contribution is 2.15. The van der Waals surface area contributed by atoms with Crippen molar-refractivity contribution in [3.63, 3.8) is 0 Å². The fourth-order valence-corrected chi connectivity index (χ4v) is 1.90. The molecule has 1 aromatic rings. The number of anilines is 1. The first-order chi connectivity index (χ1) is 8.52. The van der Waals surface area contributed by atoms with E-state index in [4.69, 9.17) is 5.11 Å². The molecule has 0 aliphatic heterocycles. The molecule has 1 amide bonds. The summed E-state index contributed by atoms with van der Waals surface area (Å²) in [6.45, 7) is 4.69. The Morgan fingerprint density at radius 2 is 2.00 bits per heavy atom. The highest BCUT2D eigenvalue weighted by molar-refractivity contribution is 9.10. The summed E-state index contributed by atoms with van der Waals surface area (Å²) in [6.07, 6.45) is -0.0367. The van der Waals surface area contributed by atoms with E-state index < -0.39 is 6.09 Å². The summed E-state index contributed by atoms with van der Waals surface area (Å²) in [7, 11) is 0. The SMILES string of the molecule is CC[C@H](C)[C@@H](CNc1ccc(Br)cc1)NC(=O)O. The van der Waals surface area contributed by atoms with Gasteiger partial charge < -0.3 is 15.7 Å². The molecule has 0 saturated carbocycles. The molecule has 0 unspecified atom stereocenters. The van der Waals surface area contributed by atoms with E-state index in [1.54, 1.807) is 0 Å². The van der Waals surface area contributed by atoms with Gasteiger partial charge in [0, 0.05) is 16.7 Å². The van der Waals surface area contributed by atoms with Crippen LogP contribution in [0.2, 0.25) is 0 Å². The summed E-state index contributed by atoms with van der Waals surface area (Å²) in [5, 5.41) is 14.6. The van der Waals surface area contributed by atoms with Gasteiger partial charge in [0.05, 0.1) is 6.04 Å². The summed E-state index contributed by atoms with van der Waals surface area (Å²) in [5.74, 6) is 0.295. The molecular weight excluding hydrogens is 296 g/mol. The van der Waals surface area contributed by atoms with Crippen LogP contribution in [0, 0.1) is 5.92 Å². The smallest absolute Gasteiger partial charge is 0.404 e. The highest BCUT2D eigenvalue weighted by Gasteiger charge is 2.17. The van der Waals surface area contributed by atoms with E-state index in [9.17, 15) is 4.79 Å². The van der Waals surface area contributed by atoms with Gasteiger partial charge in [-0.15, -0.1) is 0 Å². The molecule has 18 heavy (non-hydrogen) atoms. The van der Waals surface area contributed by atoms with Crippen LogP contribution in [0.15, 0.2) is 28.7 Å². The van der Waals surface area contributed by atoms with E-state index in [0.717, 1.165) is 16.6 Å². The second kappa shape index (κ2) is 7.26. The van der Waals surface area contributed by atoms with Crippen LogP contribution in [-0.2, 0) is 0 Å². The minimum atomic E-state index is -0.974. The van der Waals surface area contributed by atoms with Crippen LogP contribution in [0.3, 0.4) is 0 Å². The predicted octanol–water partition coefficient (Wildman–Crippen LogP) is 3.54. The molecule has 0 fully saturated rings. The van der Waals surface area contributed by atoms with Gasteiger partial charge in [-0.25, -0.2) is 4.79 Å². The van der Waals surface area contributed by atoms with Gasteiger partial charge in [0.2, 0.25) is 0 Å². The standard InChI is InChI=1S/C13H19BrN2O2/c1-3-9(2)12(16-13(17)18)8-15-11-6-4-10(14)5-7-11/h4-7,9,12,15-16H,3,8H2,1-2H3,(H,17,18)/t9-,12+/m0/s1. The molecule has 0 spiro atoms. The van der Waals surface area contributed by atoms with E-state index in [1.807, 2.05) is 31.2 Å². The van der Waals surface area contributed by atoms with E-state index >= 15 is 0 Å². The van der Waals surface area contributed by atoms with Crippen molar-refractivity contribution in [3.8, 4) is 0 Å². The van der Waals surface area contributed by atoms with E-state index in [2.05, 4.69) is 33.5 Å². The van der Waals surface area contributed by atoms with Crippen molar-refractivity contribution in [2.45, 2.75) is 26.3 Å². The molecule has 0 saturated heterocycles. The van der Waals surface area contributed by atoms with Gasteiger partial charge in [-0.3, -0.25) is 0 Å². The average Bonchev–Trinajstić information content (AvgIpc) is 2.35. The number of hydrogen-bond donors (Lipinski definition) is 3. The lowest BCUT2D eigenvalue weighted by molar-refractivity contribution is 0.185. The number of rotatable bonds is 6. The minimum absolute atomic E-state index is 0.0869. The van der Waals surface area contributed by atoms with Crippen LogP contribution in [0.5, 0.6) is 0 Å². The Hall–Kier alpha value is -1.23. The first-order valence-corrected chi connectivity index (χ1v) is 6.81. The normalized spacial score (nSPS) is 13.7. The monoisotopic (exact) mass is 314 g/mol. The molecule has 3 N–H and O–H groups in total. The number of benzene rings is 1.